The molecule has 0 aliphatic heterocycles. The van der Waals surface area contributed by atoms with E-state index in [1.165, 1.54) is 0 Å². The lowest BCUT2D eigenvalue weighted by Gasteiger charge is -2.16. The third kappa shape index (κ3) is 13.8. The third-order valence-electron chi connectivity index (χ3n) is 3.75. The zero-order chi connectivity index (χ0) is 17.5. The molecule has 0 aromatic carbocycles. The summed E-state index contributed by atoms with van der Waals surface area (Å²) < 4.78 is 0. The molecule has 2 unspecified atom stereocenters. The fraction of sp³-hybridized carbons (Fsp3) is 0.882. The number of guanidine groups is 1. The molecular weight excluding hydrogens is 419 g/mol. The Kier molecular flexibility index (Phi) is 18.5. The standard InChI is InChI=1S/C17H36N4O2.HI/c1-5-8-15(10-12-22)13-20-17(18-7-3)19-11-9-16(23)21-14(4)6-2;/h14-15,22H,5-13H2,1-4H3,(H,21,23)(H2,18,19,20);1H. The first-order valence-electron chi connectivity index (χ1n) is 8.99. The van der Waals surface area contributed by atoms with Crippen LogP contribution in [0.3, 0.4) is 0 Å². The Morgan fingerprint density at radius 3 is 2.42 bits per heavy atom. The first-order chi connectivity index (χ1) is 11.1. The minimum Gasteiger partial charge on any atom is -0.396 e. The molecular formula is C17H37IN4O2. The summed E-state index contributed by atoms with van der Waals surface area (Å²) in [4.78, 5) is 16.3. The number of rotatable bonds is 12. The van der Waals surface area contributed by atoms with E-state index in [-0.39, 0.29) is 42.5 Å². The molecule has 24 heavy (non-hydrogen) atoms. The van der Waals surface area contributed by atoms with Crippen molar-refractivity contribution >= 4 is 35.8 Å². The summed E-state index contributed by atoms with van der Waals surface area (Å²) >= 11 is 0. The largest absolute Gasteiger partial charge is 0.396 e. The van der Waals surface area contributed by atoms with E-state index in [9.17, 15) is 4.79 Å². The van der Waals surface area contributed by atoms with Crippen LogP contribution in [-0.2, 0) is 4.79 Å². The molecule has 144 valence electrons. The summed E-state index contributed by atoms with van der Waals surface area (Å²) in [6.45, 7) is 10.5. The van der Waals surface area contributed by atoms with Gasteiger partial charge < -0.3 is 21.1 Å². The Morgan fingerprint density at radius 1 is 1.17 bits per heavy atom. The summed E-state index contributed by atoms with van der Waals surface area (Å²) in [5.74, 6) is 1.21. The molecule has 0 aromatic rings. The van der Waals surface area contributed by atoms with Crippen LogP contribution >= 0.6 is 24.0 Å². The van der Waals surface area contributed by atoms with Crippen molar-refractivity contribution in [3.8, 4) is 0 Å². The molecule has 0 aromatic heterocycles. The first-order valence-corrected chi connectivity index (χ1v) is 8.99. The van der Waals surface area contributed by atoms with Crippen LogP contribution in [0.25, 0.3) is 0 Å². The Hall–Kier alpha value is -0.570. The minimum absolute atomic E-state index is 0. The van der Waals surface area contributed by atoms with Crippen LogP contribution in [0.5, 0.6) is 0 Å². The topological polar surface area (TPSA) is 85.8 Å². The normalized spacial score (nSPS) is 13.6. The highest BCUT2D eigenvalue weighted by molar-refractivity contribution is 14.0. The highest BCUT2D eigenvalue weighted by atomic mass is 127. The van der Waals surface area contributed by atoms with Crippen molar-refractivity contribution in [2.24, 2.45) is 10.9 Å². The molecule has 0 heterocycles. The average molecular weight is 456 g/mol. The maximum absolute atomic E-state index is 11.7. The average Bonchev–Trinajstić information content (AvgIpc) is 2.52. The number of hydrogen-bond donors (Lipinski definition) is 4. The molecule has 7 heteroatoms. The van der Waals surface area contributed by atoms with E-state index in [0.29, 0.717) is 25.4 Å². The summed E-state index contributed by atoms with van der Waals surface area (Å²) in [5.41, 5.74) is 0. The van der Waals surface area contributed by atoms with Crippen molar-refractivity contribution in [3.05, 3.63) is 0 Å². The number of carbonyl (C=O) groups excluding carboxylic acids is 1. The SMILES string of the molecule is CCCC(CCO)CN=C(NCC)NCCC(=O)NC(C)CC.I. The molecule has 0 saturated carbocycles. The van der Waals surface area contributed by atoms with E-state index >= 15 is 0 Å². The second-order valence-electron chi connectivity index (χ2n) is 5.94. The summed E-state index contributed by atoms with van der Waals surface area (Å²) in [6, 6.07) is 0.220. The van der Waals surface area contributed by atoms with Gasteiger partial charge in [-0.2, -0.15) is 0 Å². The monoisotopic (exact) mass is 456 g/mol. The molecule has 0 rings (SSSR count). The Bertz CT molecular complexity index is 335. The maximum atomic E-state index is 11.7. The van der Waals surface area contributed by atoms with Crippen LogP contribution in [0.4, 0.5) is 0 Å². The molecule has 0 bridgehead atoms. The first kappa shape index (κ1) is 25.7. The number of halogens is 1. The second-order valence-corrected chi connectivity index (χ2v) is 5.94. The van der Waals surface area contributed by atoms with E-state index in [4.69, 9.17) is 5.11 Å². The maximum Gasteiger partial charge on any atom is 0.221 e. The fourth-order valence-electron chi connectivity index (χ4n) is 2.22. The zero-order valence-corrected chi connectivity index (χ0v) is 18.1. The number of nitrogens with zero attached hydrogens (tertiary/aromatic N) is 1. The molecule has 0 aliphatic rings. The Morgan fingerprint density at radius 2 is 1.88 bits per heavy atom. The molecule has 0 fully saturated rings. The van der Waals surface area contributed by atoms with Gasteiger partial charge in [0, 0.05) is 38.7 Å². The van der Waals surface area contributed by atoms with Gasteiger partial charge in [0.25, 0.3) is 0 Å². The van der Waals surface area contributed by atoms with Gasteiger partial charge in [-0.15, -0.1) is 24.0 Å². The van der Waals surface area contributed by atoms with Crippen molar-refractivity contribution in [2.45, 2.75) is 65.8 Å². The van der Waals surface area contributed by atoms with Gasteiger partial charge in [0.05, 0.1) is 0 Å². The van der Waals surface area contributed by atoms with Crippen molar-refractivity contribution < 1.29 is 9.90 Å². The van der Waals surface area contributed by atoms with Crippen LogP contribution in [0.15, 0.2) is 4.99 Å². The summed E-state index contributed by atoms with van der Waals surface area (Å²) in [5, 5.41) is 18.4. The van der Waals surface area contributed by atoms with Gasteiger partial charge in [0.15, 0.2) is 5.96 Å². The number of aliphatic hydroxyl groups is 1. The van der Waals surface area contributed by atoms with Crippen LogP contribution < -0.4 is 16.0 Å². The van der Waals surface area contributed by atoms with Crippen molar-refractivity contribution in [3.63, 3.8) is 0 Å². The Labute approximate surface area is 164 Å². The van der Waals surface area contributed by atoms with E-state index < -0.39 is 0 Å². The number of amides is 1. The van der Waals surface area contributed by atoms with E-state index in [2.05, 4.69) is 34.8 Å². The highest BCUT2D eigenvalue weighted by Crippen LogP contribution is 2.10. The summed E-state index contributed by atoms with van der Waals surface area (Å²) in [7, 11) is 0. The molecule has 0 saturated heterocycles. The van der Waals surface area contributed by atoms with Crippen LogP contribution in [0.1, 0.15) is 59.8 Å². The number of aliphatic hydroxyl groups excluding tert-OH is 1. The van der Waals surface area contributed by atoms with Crippen molar-refractivity contribution in [1.29, 1.82) is 0 Å². The predicted octanol–water partition coefficient (Wildman–Crippen LogP) is 2.26. The molecule has 2 atom stereocenters. The molecule has 4 N–H and O–H groups in total. The smallest absolute Gasteiger partial charge is 0.221 e. The quantitative estimate of drug-likeness (QED) is 0.206. The van der Waals surface area contributed by atoms with Gasteiger partial charge in [-0.05, 0) is 39.0 Å². The van der Waals surface area contributed by atoms with Gasteiger partial charge in [-0.1, -0.05) is 20.3 Å². The third-order valence-corrected chi connectivity index (χ3v) is 3.75. The van der Waals surface area contributed by atoms with Gasteiger partial charge in [0.1, 0.15) is 0 Å². The van der Waals surface area contributed by atoms with Gasteiger partial charge in [0.2, 0.25) is 5.91 Å². The lowest BCUT2D eigenvalue weighted by Crippen LogP contribution is -2.40. The van der Waals surface area contributed by atoms with Crippen LogP contribution in [-0.4, -0.2) is 49.3 Å². The van der Waals surface area contributed by atoms with E-state index in [1.54, 1.807) is 0 Å². The predicted molar refractivity (Wildman–Crippen MR) is 112 cm³/mol. The fourth-order valence-corrected chi connectivity index (χ4v) is 2.22. The molecule has 1 amide bonds. The zero-order valence-electron chi connectivity index (χ0n) is 15.7. The number of nitrogens with one attached hydrogen (secondary N) is 3. The minimum atomic E-state index is 0. The van der Waals surface area contributed by atoms with Crippen molar-refractivity contribution in [1.82, 2.24) is 16.0 Å². The molecule has 0 spiro atoms. The van der Waals surface area contributed by atoms with Gasteiger partial charge >= 0.3 is 0 Å². The number of aliphatic imine (C=N–C) groups is 1. The molecule has 6 nitrogen and oxygen atoms in total. The molecule has 0 aliphatic carbocycles. The molecule has 0 radical (unpaired) electrons. The van der Waals surface area contributed by atoms with E-state index in [1.807, 2.05) is 13.8 Å². The van der Waals surface area contributed by atoms with Gasteiger partial charge in [-0.3, -0.25) is 9.79 Å². The second kappa shape index (κ2) is 17.3. The highest BCUT2D eigenvalue weighted by Gasteiger charge is 2.08. The van der Waals surface area contributed by atoms with Crippen molar-refractivity contribution in [2.75, 3.05) is 26.2 Å². The Balaban J connectivity index is 0. The number of carbonyl (C=O) groups is 1. The lowest BCUT2D eigenvalue weighted by atomic mass is 10.0. The lowest BCUT2D eigenvalue weighted by molar-refractivity contribution is -0.121. The van der Waals surface area contributed by atoms with Crippen LogP contribution in [0.2, 0.25) is 0 Å². The van der Waals surface area contributed by atoms with Crippen LogP contribution in [0, 0.1) is 5.92 Å². The van der Waals surface area contributed by atoms with Gasteiger partial charge in [-0.25, -0.2) is 0 Å². The van der Waals surface area contributed by atoms with E-state index in [0.717, 1.165) is 38.2 Å². The number of hydrogen-bond acceptors (Lipinski definition) is 3. The summed E-state index contributed by atoms with van der Waals surface area (Å²) in [6.07, 6.45) is 4.32.